The summed E-state index contributed by atoms with van der Waals surface area (Å²) in [5.41, 5.74) is -1.85. The molecule has 4 rings (SSSR count). The highest BCUT2D eigenvalue weighted by atomic mass is 19.3. The number of fused-ring (bicyclic) bond motifs is 1. The third-order valence-electron chi connectivity index (χ3n) is 5.48. The molecule has 3 aromatic rings. The van der Waals surface area contributed by atoms with Crippen molar-refractivity contribution in [1.82, 2.24) is 14.5 Å². The van der Waals surface area contributed by atoms with Gasteiger partial charge in [-0.15, -0.1) is 6.42 Å². The molecule has 0 radical (unpaired) electrons. The van der Waals surface area contributed by atoms with Gasteiger partial charge in [0.05, 0.1) is 22.0 Å². The monoisotopic (exact) mass is 430 g/mol. The molecule has 0 amide bonds. The van der Waals surface area contributed by atoms with E-state index in [1.165, 1.54) is 29.0 Å². The maximum atomic E-state index is 14.6. The molecule has 0 spiro atoms. The van der Waals surface area contributed by atoms with Crippen molar-refractivity contribution in [2.75, 3.05) is 12.0 Å². The summed E-state index contributed by atoms with van der Waals surface area (Å²) in [6.45, 7) is 0.912. The summed E-state index contributed by atoms with van der Waals surface area (Å²) in [5.74, 6) is 1.76. The van der Waals surface area contributed by atoms with E-state index >= 15 is 0 Å². The van der Waals surface area contributed by atoms with E-state index < -0.39 is 41.6 Å². The first kappa shape index (κ1) is 20.8. The molecule has 0 bridgehead atoms. The Bertz CT molecular complexity index is 1260. The number of aryl methyl sites for hydroxylation is 1. The minimum Gasteiger partial charge on any atom is -0.352 e. The second-order valence-electron chi connectivity index (χ2n) is 7.55. The highest BCUT2D eigenvalue weighted by Gasteiger charge is 2.45. The number of alkyl halides is 3. The fraction of sp³-hybridized carbons (Fsp3) is 0.318. The predicted octanol–water partition coefficient (Wildman–Crippen LogP) is 4.42. The summed E-state index contributed by atoms with van der Waals surface area (Å²) in [6.07, 6.45) is 5.10. The Labute approximate surface area is 175 Å². The molecule has 2 aromatic heterocycles. The van der Waals surface area contributed by atoms with Crippen molar-refractivity contribution < 1.29 is 17.6 Å². The van der Waals surface area contributed by atoms with Gasteiger partial charge in [0.15, 0.2) is 0 Å². The highest BCUT2D eigenvalue weighted by molar-refractivity contribution is 5.88. The van der Waals surface area contributed by atoms with Gasteiger partial charge in [0.2, 0.25) is 0 Å². The summed E-state index contributed by atoms with van der Waals surface area (Å²) in [4.78, 5) is 21.1. The summed E-state index contributed by atoms with van der Waals surface area (Å²) < 4.78 is 55.7. The second kappa shape index (κ2) is 7.69. The lowest BCUT2D eigenvalue weighted by atomic mass is 10.0. The molecule has 1 aliphatic rings. The smallest absolute Gasteiger partial charge is 0.266 e. The Balaban J connectivity index is 1.82. The van der Waals surface area contributed by atoms with Gasteiger partial charge < -0.3 is 9.88 Å². The maximum absolute atomic E-state index is 14.6. The van der Waals surface area contributed by atoms with Gasteiger partial charge >= 0.3 is 0 Å². The predicted molar refractivity (Wildman–Crippen MR) is 108 cm³/mol. The third kappa shape index (κ3) is 3.63. The van der Waals surface area contributed by atoms with Gasteiger partial charge in [-0.3, -0.25) is 4.79 Å². The molecule has 9 heteroatoms. The van der Waals surface area contributed by atoms with Crippen molar-refractivity contribution in [3.8, 4) is 12.3 Å². The zero-order valence-electron chi connectivity index (χ0n) is 16.5. The zero-order valence-corrected chi connectivity index (χ0v) is 16.5. The average molecular weight is 430 g/mol. The van der Waals surface area contributed by atoms with Crippen molar-refractivity contribution in [3.63, 3.8) is 0 Å². The van der Waals surface area contributed by atoms with Gasteiger partial charge in [0.1, 0.15) is 30.2 Å². The molecule has 0 saturated heterocycles. The number of pyridine rings is 1. The van der Waals surface area contributed by atoms with E-state index in [1.807, 2.05) is 0 Å². The van der Waals surface area contributed by atoms with Crippen LogP contribution in [-0.4, -0.2) is 21.2 Å². The number of rotatable bonds is 6. The molecule has 1 saturated carbocycles. The quantitative estimate of drug-likeness (QED) is 0.465. The normalized spacial score (nSPS) is 15.6. The number of terminal acetylenes is 1. The lowest BCUT2D eigenvalue weighted by Gasteiger charge is -2.20. The van der Waals surface area contributed by atoms with Gasteiger partial charge in [-0.25, -0.2) is 27.5 Å². The molecule has 0 unspecified atom stereocenters. The molecule has 1 aromatic carbocycles. The van der Waals surface area contributed by atoms with Gasteiger partial charge in [-0.2, -0.15) is 0 Å². The van der Waals surface area contributed by atoms with Crippen LogP contribution < -0.4 is 10.9 Å². The topological polar surface area (TPSA) is 59.8 Å². The maximum Gasteiger partial charge on any atom is 0.266 e. The fourth-order valence-corrected chi connectivity index (χ4v) is 3.59. The third-order valence-corrected chi connectivity index (χ3v) is 5.48. The van der Waals surface area contributed by atoms with Crippen LogP contribution in [0.5, 0.6) is 0 Å². The van der Waals surface area contributed by atoms with E-state index in [2.05, 4.69) is 21.2 Å². The van der Waals surface area contributed by atoms with Crippen molar-refractivity contribution in [2.24, 2.45) is 0 Å². The van der Waals surface area contributed by atoms with E-state index in [0.717, 1.165) is 6.07 Å². The number of nitrogens with zero attached hydrogens (tertiary/aromatic N) is 3. The van der Waals surface area contributed by atoms with Crippen LogP contribution in [0.4, 0.5) is 23.4 Å². The number of benzene rings is 1. The second-order valence-corrected chi connectivity index (χ2v) is 7.55. The van der Waals surface area contributed by atoms with Crippen molar-refractivity contribution in [3.05, 3.63) is 63.6 Å². The van der Waals surface area contributed by atoms with Crippen LogP contribution in [0.2, 0.25) is 0 Å². The lowest BCUT2D eigenvalue weighted by Crippen LogP contribution is -2.31. The number of hydrogen-bond donors (Lipinski definition) is 1. The summed E-state index contributed by atoms with van der Waals surface area (Å²) in [7, 11) is 0. The van der Waals surface area contributed by atoms with Crippen LogP contribution >= 0.6 is 0 Å². The number of nitrogens with one attached hydrogen (secondary N) is 1. The zero-order chi connectivity index (χ0) is 22.3. The minimum atomic E-state index is -3.00. The van der Waals surface area contributed by atoms with E-state index in [9.17, 15) is 22.4 Å². The highest BCUT2D eigenvalue weighted by Crippen LogP contribution is 2.43. The van der Waals surface area contributed by atoms with E-state index in [1.54, 1.807) is 6.92 Å². The number of aromatic nitrogens is 3. The van der Waals surface area contributed by atoms with Crippen molar-refractivity contribution in [2.45, 2.75) is 37.8 Å². The van der Waals surface area contributed by atoms with Crippen molar-refractivity contribution >= 4 is 16.7 Å². The van der Waals surface area contributed by atoms with E-state index in [4.69, 9.17) is 6.42 Å². The molecule has 1 N–H and O–H groups in total. The van der Waals surface area contributed by atoms with Crippen LogP contribution in [0.1, 0.15) is 42.3 Å². The lowest BCUT2D eigenvalue weighted by molar-refractivity contribution is 0.146. The Morgan fingerprint density at radius 3 is 2.61 bits per heavy atom. The summed E-state index contributed by atoms with van der Waals surface area (Å²) in [5, 5.41) is 3.28. The first-order valence-electron chi connectivity index (χ1n) is 9.56. The molecule has 5 nitrogen and oxygen atoms in total. The van der Waals surface area contributed by atoms with Crippen LogP contribution in [0.15, 0.2) is 35.3 Å². The molecule has 2 heterocycles. The number of halogens is 4. The largest absolute Gasteiger partial charge is 0.352 e. The number of anilines is 1. The van der Waals surface area contributed by atoms with E-state index in [0.29, 0.717) is 29.6 Å². The molecular formula is C22H18F4N4O. The fourth-order valence-electron chi connectivity index (χ4n) is 3.59. The minimum absolute atomic E-state index is 0.138. The molecule has 31 heavy (non-hydrogen) atoms. The van der Waals surface area contributed by atoms with Crippen LogP contribution in [0.25, 0.3) is 10.9 Å². The van der Waals surface area contributed by atoms with Crippen LogP contribution in [0.3, 0.4) is 0 Å². The molecule has 1 atom stereocenters. The first-order valence-corrected chi connectivity index (χ1v) is 9.56. The molecular weight excluding hydrogens is 412 g/mol. The van der Waals surface area contributed by atoms with Gasteiger partial charge in [-0.1, -0.05) is 24.1 Å². The van der Waals surface area contributed by atoms with Crippen molar-refractivity contribution in [1.29, 1.82) is 0 Å². The van der Waals surface area contributed by atoms with Gasteiger partial charge in [0, 0.05) is 17.8 Å². The Morgan fingerprint density at radius 2 is 2.00 bits per heavy atom. The first-order chi connectivity index (χ1) is 14.8. The average Bonchev–Trinajstić information content (AvgIpc) is 3.52. The Kier molecular flexibility index (Phi) is 5.17. The number of hydrogen-bond acceptors (Lipinski definition) is 4. The summed E-state index contributed by atoms with van der Waals surface area (Å²) >= 11 is 0. The molecule has 0 aliphatic heterocycles. The molecule has 160 valence electrons. The van der Waals surface area contributed by atoms with E-state index in [-0.39, 0.29) is 11.4 Å². The Morgan fingerprint density at radius 1 is 1.29 bits per heavy atom. The molecule has 1 fully saturated rings. The van der Waals surface area contributed by atoms with Crippen LogP contribution in [-0.2, 0) is 5.54 Å². The van der Waals surface area contributed by atoms with Crippen LogP contribution in [0, 0.1) is 25.1 Å². The van der Waals surface area contributed by atoms with Gasteiger partial charge in [0.25, 0.3) is 12.0 Å². The SMILES string of the molecule is C#C[C@@H](Nc1nc(C)nc2cc(=O)n(C3(CF)CC3)cc12)c1cccc(C(F)F)c1F. The molecule has 1 aliphatic carbocycles. The summed E-state index contributed by atoms with van der Waals surface area (Å²) in [6, 6.07) is 3.77. The standard InChI is InChI=1S/C22H18F4N4O/c1-3-16(13-5-4-6-14(19(13)24)20(25)26)29-21-15-10-30(22(11-23)7-8-22)18(31)9-17(15)27-12(2)28-21/h1,4-6,9-10,16,20H,7-8,11H2,2H3,(H,27,28,29)/t16-/m1/s1. The van der Waals surface area contributed by atoms with Gasteiger partial charge in [-0.05, 0) is 19.8 Å². The Hall–Kier alpha value is -3.41.